The van der Waals surface area contributed by atoms with Gasteiger partial charge in [0.05, 0.1) is 21.3 Å². The molecule has 0 fully saturated rings. The normalized spacial score (nSPS) is 11.5. The molecular formula is C16H9Cl2FN4. The number of hydrogen-bond acceptors (Lipinski definition) is 3. The molecule has 0 bridgehead atoms. The predicted molar refractivity (Wildman–Crippen MR) is 88.4 cm³/mol. The Labute approximate surface area is 140 Å². The summed E-state index contributed by atoms with van der Waals surface area (Å²) in [5, 5.41) is 9.13. The molecule has 0 aliphatic heterocycles. The van der Waals surface area contributed by atoms with Crippen LogP contribution in [0.2, 0.25) is 10.0 Å². The zero-order chi connectivity index (χ0) is 16.1. The van der Waals surface area contributed by atoms with Crippen molar-refractivity contribution in [3.05, 3.63) is 58.0 Å². The molecule has 2 heterocycles. The van der Waals surface area contributed by atoms with Gasteiger partial charge in [0, 0.05) is 11.6 Å². The van der Waals surface area contributed by atoms with Crippen LogP contribution in [0, 0.1) is 12.7 Å². The van der Waals surface area contributed by atoms with E-state index in [4.69, 9.17) is 23.2 Å². The van der Waals surface area contributed by atoms with Gasteiger partial charge in [-0.15, -0.1) is 10.2 Å². The quantitative estimate of drug-likeness (QED) is 0.501. The molecule has 0 saturated carbocycles. The average Bonchev–Trinajstić information content (AvgIpc) is 2.87. The minimum atomic E-state index is -0.360. The Balaban J connectivity index is 2.19. The lowest BCUT2D eigenvalue weighted by Crippen LogP contribution is -1.98. The Bertz CT molecular complexity index is 1070. The topological polar surface area (TPSA) is 43.1 Å². The van der Waals surface area contributed by atoms with Crippen LogP contribution in [0.4, 0.5) is 4.39 Å². The first kappa shape index (κ1) is 14.4. The Morgan fingerprint density at radius 2 is 1.91 bits per heavy atom. The number of halogens is 3. The smallest absolute Gasteiger partial charge is 0.183 e. The molecule has 0 atom stereocenters. The maximum Gasteiger partial charge on any atom is 0.183 e. The molecule has 4 nitrogen and oxygen atoms in total. The van der Waals surface area contributed by atoms with Gasteiger partial charge in [0.1, 0.15) is 17.2 Å². The van der Waals surface area contributed by atoms with Crippen molar-refractivity contribution in [2.45, 2.75) is 6.92 Å². The lowest BCUT2D eigenvalue weighted by Gasteiger charge is -2.07. The van der Waals surface area contributed by atoms with Gasteiger partial charge in [-0.05, 0) is 31.2 Å². The maximum absolute atomic E-state index is 13.7. The third-order valence-electron chi connectivity index (χ3n) is 3.64. The first-order valence-corrected chi connectivity index (χ1v) is 7.57. The molecule has 4 rings (SSSR count). The van der Waals surface area contributed by atoms with Gasteiger partial charge in [-0.25, -0.2) is 9.37 Å². The van der Waals surface area contributed by atoms with Gasteiger partial charge >= 0.3 is 0 Å². The molecule has 23 heavy (non-hydrogen) atoms. The standard InChI is InChI=1S/C16H9Cl2FN4/c1-8-15-22-21-12-6-5-9(19)7-13(12)23(15)16(20-8)10-3-2-4-11(17)14(10)18/h2-7H,1H3. The lowest BCUT2D eigenvalue weighted by molar-refractivity contribution is 0.629. The second kappa shape index (κ2) is 5.15. The van der Waals surface area contributed by atoms with Crippen LogP contribution < -0.4 is 0 Å². The molecule has 0 radical (unpaired) electrons. The fourth-order valence-corrected chi connectivity index (χ4v) is 2.97. The fourth-order valence-electron chi connectivity index (χ4n) is 2.58. The van der Waals surface area contributed by atoms with Crippen LogP contribution in [-0.4, -0.2) is 19.6 Å². The monoisotopic (exact) mass is 346 g/mol. The largest absolute Gasteiger partial charge is 0.273 e. The van der Waals surface area contributed by atoms with E-state index in [1.165, 1.54) is 12.1 Å². The minimum absolute atomic E-state index is 0.360. The third kappa shape index (κ3) is 2.16. The van der Waals surface area contributed by atoms with Crippen molar-refractivity contribution in [3.63, 3.8) is 0 Å². The van der Waals surface area contributed by atoms with Gasteiger partial charge in [0.25, 0.3) is 0 Å². The summed E-state index contributed by atoms with van der Waals surface area (Å²) in [6, 6.07) is 9.63. The van der Waals surface area contributed by atoms with Crippen molar-refractivity contribution in [1.29, 1.82) is 0 Å². The van der Waals surface area contributed by atoms with E-state index in [-0.39, 0.29) is 5.82 Å². The van der Waals surface area contributed by atoms with Crippen LogP contribution in [0.25, 0.3) is 28.1 Å². The first-order valence-electron chi connectivity index (χ1n) is 6.81. The molecule has 0 N–H and O–H groups in total. The molecule has 0 aliphatic rings. The van der Waals surface area contributed by atoms with Gasteiger partial charge in [0.2, 0.25) is 0 Å². The molecule has 4 aromatic rings. The SMILES string of the molecule is Cc1nc(-c2cccc(Cl)c2Cl)n2c1nnc1ccc(F)cc12. The highest BCUT2D eigenvalue weighted by Gasteiger charge is 2.18. The van der Waals surface area contributed by atoms with Crippen LogP contribution in [0.1, 0.15) is 5.69 Å². The summed E-state index contributed by atoms with van der Waals surface area (Å²) < 4.78 is 15.5. The van der Waals surface area contributed by atoms with E-state index in [2.05, 4.69) is 15.2 Å². The molecular weight excluding hydrogens is 338 g/mol. The Kier molecular flexibility index (Phi) is 3.21. The number of rotatable bonds is 1. The summed E-state index contributed by atoms with van der Waals surface area (Å²) in [5.74, 6) is 0.191. The van der Waals surface area contributed by atoms with Gasteiger partial charge in [0.15, 0.2) is 5.65 Å². The van der Waals surface area contributed by atoms with Crippen LogP contribution >= 0.6 is 23.2 Å². The van der Waals surface area contributed by atoms with Crippen LogP contribution in [0.5, 0.6) is 0 Å². The Morgan fingerprint density at radius 1 is 1.09 bits per heavy atom. The van der Waals surface area contributed by atoms with Crippen LogP contribution in [0.15, 0.2) is 36.4 Å². The van der Waals surface area contributed by atoms with E-state index < -0.39 is 0 Å². The molecule has 114 valence electrons. The molecule has 7 heteroatoms. The number of aryl methyl sites for hydroxylation is 1. The van der Waals surface area contributed by atoms with Crippen molar-refractivity contribution < 1.29 is 4.39 Å². The van der Waals surface area contributed by atoms with Gasteiger partial charge < -0.3 is 0 Å². The number of nitrogens with zero attached hydrogens (tertiary/aromatic N) is 4. The fraction of sp³-hybridized carbons (Fsp3) is 0.0625. The van der Waals surface area contributed by atoms with Crippen LogP contribution in [-0.2, 0) is 0 Å². The minimum Gasteiger partial charge on any atom is -0.273 e. The summed E-state index contributed by atoms with van der Waals surface area (Å²) in [7, 11) is 0. The number of imidazole rings is 1. The molecule has 0 amide bonds. The van der Waals surface area contributed by atoms with Crippen molar-refractivity contribution in [3.8, 4) is 11.4 Å². The van der Waals surface area contributed by atoms with E-state index in [0.717, 1.165) is 0 Å². The Hall–Kier alpha value is -2.24. The average molecular weight is 347 g/mol. The molecule has 2 aromatic heterocycles. The molecule has 0 aliphatic carbocycles. The summed E-state index contributed by atoms with van der Waals surface area (Å²) >= 11 is 12.4. The number of aromatic nitrogens is 4. The van der Waals surface area contributed by atoms with Crippen molar-refractivity contribution >= 4 is 39.9 Å². The summed E-state index contributed by atoms with van der Waals surface area (Å²) in [6.07, 6.45) is 0. The van der Waals surface area contributed by atoms with Gasteiger partial charge in [-0.1, -0.05) is 29.3 Å². The second-order valence-electron chi connectivity index (χ2n) is 5.11. The second-order valence-corrected chi connectivity index (χ2v) is 5.90. The third-order valence-corrected chi connectivity index (χ3v) is 4.46. The summed E-state index contributed by atoms with van der Waals surface area (Å²) in [6.45, 7) is 1.82. The van der Waals surface area contributed by atoms with E-state index in [1.807, 2.05) is 13.0 Å². The zero-order valence-corrected chi connectivity index (χ0v) is 13.4. The highest BCUT2D eigenvalue weighted by Crippen LogP contribution is 2.34. The van der Waals surface area contributed by atoms with E-state index in [1.54, 1.807) is 22.6 Å². The highest BCUT2D eigenvalue weighted by molar-refractivity contribution is 6.43. The highest BCUT2D eigenvalue weighted by atomic mass is 35.5. The van der Waals surface area contributed by atoms with E-state index in [0.29, 0.717) is 43.8 Å². The van der Waals surface area contributed by atoms with Crippen molar-refractivity contribution in [2.24, 2.45) is 0 Å². The molecule has 2 aromatic carbocycles. The predicted octanol–water partition coefficient (Wildman–Crippen LogP) is 4.70. The molecule has 0 saturated heterocycles. The number of fused-ring (bicyclic) bond motifs is 3. The Morgan fingerprint density at radius 3 is 2.74 bits per heavy atom. The first-order chi connectivity index (χ1) is 11.1. The number of hydrogen-bond donors (Lipinski definition) is 0. The molecule has 0 unspecified atom stereocenters. The van der Waals surface area contributed by atoms with E-state index >= 15 is 0 Å². The summed E-state index contributed by atoms with van der Waals surface area (Å²) in [5.41, 5.74) is 3.02. The van der Waals surface area contributed by atoms with Crippen molar-refractivity contribution in [2.75, 3.05) is 0 Å². The van der Waals surface area contributed by atoms with Gasteiger partial charge in [-0.2, -0.15) is 0 Å². The van der Waals surface area contributed by atoms with Gasteiger partial charge in [-0.3, -0.25) is 4.40 Å². The maximum atomic E-state index is 13.7. The van der Waals surface area contributed by atoms with Crippen molar-refractivity contribution in [1.82, 2.24) is 19.6 Å². The molecule has 0 spiro atoms. The lowest BCUT2D eigenvalue weighted by atomic mass is 10.2. The zero-order valence-electron chi connectivity index (χ0n) is 11.9. The number of benzene rings is 2. The summed E-state index contributed by atoms with van der Waals surface area (Å²) in [4.78, 5) is 4.54. The van der Waals surface area contributed by atoms with Crippen LogP contribution in [0.3, 0.4) is 0 Å². The van der Waals surface area contributed by atoms with E-state index in [9.17, 15) is 4.39 Å².